The zero-order chi connectivity index (χ0) is 25.8. The van der Waals surface area contributed by atoms with Crippen molar-refractivity contribution in [2.45, 2.75) is 27.3 Å². The van der Waals surface area contributed by atoms with Crippen molar-refractivity contribution in [2.24, 2.45) is 0 Å². The van der Waals surface area contributed by atoms with Crippen LogP contribution in [-0.2, 0) is 6.54 Å². The molecule has 6 nitrogen and oxygen atoms in total. The topological polar surface area (TPSA) is 63.6 Å². The Morgan fingerprint density at radius 2 is 1.69 bits per heavy atom. The number of anilines is 1. The van der Waals surface area contributed by atoms with Gasteiger partial charge in [-0.1, -0.05) is 29.8 Å². The maximum Gasteiger partial charge on any atom is 0.415 e. The lowest BCUT2D eigenvalue weighted by Crippen LogP contribution is -2.33. The summed E-state index contributed by atoms with van der Waals surface area (Å²) in [5.74, 6) is -2.43. The minimum absolute atomic E-state index is 0.128. The smallest absolute Gasteiger partial charge is 0.408 e. The quantitative estimate of drug-likeness (QED) is 0.327. The number of benzene rings is 3. The lowest BCUT2D eigenvalue weighted by atomic mass is 10.1. The number of fused-ring (bicyclic) bond motifs is 1. The summed E-state index contributed by atoms with van der Waals surface area (Å²) in [4.78, 5) is 27.1. The van der Waals surface area contributed by atoms with Crippen LogP contribution in [0.4, 0.5) is 19.3 Å². The lowest BCUT2D eigenvalue weighted by Gasteiger charge is -2.20. The Balaban J connectivity index is 1.74. The first-order valence-electron chi connectivity index (χ1n) is 11.7. The second kappa shape index (κ2) is 10.6. The Bertz CT molecular complexity index is 1410. The summed E-state index contributed by atoms with van der Waals surface area (Å²) >= 11 is 0. The number of nitrogens with one attached hydrogen (secondary N) is 1. The van der Waals surface area contributed by atoms with Gasteiger partial charge in [-0.25, -0.2) is 13.6 Å². The molecule has 0 aliphatic heterocycles. The largest absolute Gasteiger partial charge is 0.415 e. The van der Waals surface area contributed by atoms with Crippen LogP contribution < -0.4 is 10.1 Å². The molecule has 0 aliphatic rings. The molecule has 0 aliphatic carbocycles. The van der Waals surface area contributed by atoms with Crippen molar-refractivity contribution in [1.29, 1.82) is 0 Å². The highest BCUT2D eigenvalue weighted by atomic mass is 19.1. The number of amides is 2. The number of carbonyl (C=O) groups is 2. The van der Waals surface area contributed by atoms with Crippen LogP contribution in [0.3, 0.4) is 0 Å². The summed E-state index contributed by atoms with van der Waals surface area (Å²) in [6.07, 6.45) is 1.30. The van der Waals surface area contributed by atoms with Crippen molar-refractivity contribution in [3.8, 4) is 5.75 Å². The number of ether oxygens (including phenoxy) is 1. The minimum Gasteiger partial charge on any atom is -0.408 e. The molecule has 1 heterocycles. The van der Waals surface area contributed by atoms with Gasteiger partial charge in [0.25, 0.3) is 5.91 Å². The molecule has 1 aromatic heterocycles. The van der Waals surface area contributed by atoms with E-state index < -0.39 is 23.6 Å². The van der Waals surface area contributed by atoms with Crippen LogP contribution in [0.5, 0.6) is 5.75 Å². The predicted octanol–water partition coefficient (Wildman–Crippen LogP) is 6.37. The fourth-order valence-corrected chi connectivity index (χ4v) is 3.99. The number of aromatic nitrogens is 1. The first-order chi connectivity index (χ1) is 17.3. The second-order valence-electron chi connectivity index (χ2n) is 8.42. The molecule has 186 valence electrons. The van der Waals surface area contributed by atoms with Crippen molar-refractivity contribution in [3.63, 3.8) is 0 Å². The number of nitrogens with zero attached hydrogens (tertiary/aromatic N) is 2. The van der Waals surface area contributed by atoms with E-state index in [-0.39, 0.29) is 17.0 Å². The molecule has 0 radical (unpaired) electrons. The van der Waals surface area contributed by atoms with Gasteiger partial charge in [-0.3, -0.25) is 4.79 Å². The van der Waals surface area contributed by atoms with Gasteiger partial charge in [-0.05, 0) is 56.7 Å². The molecule has 36 heavy (non-hydrogen) atoms. The molecular formula is C28H27F2N3O3. The first-order valence-corrected chi connectivity index (χ1v) is 11.7. The number of carbonyl (C=O) groups excluding carboxylic acids is 2. The average Bonchev–Trinajstić information content (AvgIpc) is 3.25. The molecule has 4 aromatic rings. The molecule has 0 spiro atoms. The third-order valence-corrected chi connectivity index (χ3v) is 6.02. The number of rotatable bonds is 7. The van der Waals surface area contributed by atoms with Crippen molar-refractivity contribution in [3.05, 3.63) is 95.2 Å². The molecule has 4 rings (SSSR count). The van der Waals surface area contributed by atoms with E-state index in [4.69, 9.17) is 4.74 Å². The lowest BCUT2D eigenvalue weighted by molar-refractivity contribution is 0.102. The van der Waals surface area contributed by atoms with Crippen molar-refractivity contribution in [2.75, 3.05) is 18.4 Å². The van der Waals surface area contributed by atoms with Gasteiger partial charge >= 0.3 is 6.09 Å². The van der Waals surface area contributed by atoms with E-state index in [0.29, 0.717) is 31.1 Å². The minimum atomic E-state index is -0.988. The van der Waals surface area contributed by atoms with Crippen molar-refractivity contribution >= 4 is 28.6 Å². The predicted molar refractivity (Wildman–Crippen MR) is 135 cm³/mol. The monoisotopic (exact) mass is 491 g/mol. The molecule has 0 bridgehead atoms. The fraction of sp³-hybridized carbons (Fsp3) is 0.214. The van der Waals surface area contributed by atoms with Crippen LogP contribution >= 0.6 is 0 Å². The molecule has 0 unspecified atom stereocenters. The zero-order valence-electron chi connectivity index (χ0n) is 20.3. The Kier molecular flexibility index (Phi) is 7.33. The summed E-state index contributed by atoms with van der Waals surface area (Å²) < 4.78 is 35.3. The molecular weight excluding hydrogens is 464 g/mol. The highest BCUT2D eigenvalue weighted by Gasteiger charge is 2.21. The Morgan fingerprint density at radius 3 is 2.36 bits per heavy atom. The van der Waals surface area contributed by atoms with E-state index in [1.807, 2.05) is 61.9 Å². The van der Waals surface area contributed by atoms with Crippen LogP contribution in [-0.4, -0.2) is 34.6 Å². The van der Waals surface area contributed by atoms with Crippen LogP contribution in [0.25, 0.3) is 10.9 Å². The molecule has 1 N–H and O–H groups in total. The Hall–Kier alpha value is -4.20. The highest BCUT2D eigenvalue weighted by Crippen LogP contribution is 2.35. The van der Waals surface area contributed by atoms with Gasteiger partial charge < -0.3 is 19.5 Å². The summed E-state index contributed by atoms with van der Waals surface area (Å²) in [5.41, 5.74) is 2.94. The molecule has 0 atom stereocenters. The zero-order valence-corrected chi connectivity index (χ0v) is 20.3. The van der Waals surface area contributed by atoms with Gasteiger partial charge in [-0.2, -0.15) is 0 Å². The number of hydrogen-bond donors (Lipinski definition) is 1. The van der Waals surface area contributed by atoms with E-state index in [2.05, 4.69) is 5.32 Å². The average molecular weight is 492 g/mol. The number of halogens is 2. The Labute approximate surface area is 208 Å². The first kappa shape index (κ1) is 24.9. The number of hydrogen-bond acceptors (Lipinski definition) is 3. The van der Waals surface area contributed by atoms with Crippen LogP contribution in [0.1, 0.15) is 35.3 Å². The number of aryl methyl sites for hydroxylation is 1. The van der Waals surface area contributed by atoms with Crippen molar-refractivity contribution < 1.29 is 23.1 Å². The summed E-state index contributed by atoms with van der Waals surface area (Å²) in [6.45, 7) is 7.18. The fourth-order valence-electron chi connectivity index (χ4n) is 3.99. The van der Waals surface area contributed by atoms with Gasteiger partial charge in [-0.15, -0.1) is 0 Å². The maximum absolute atomic E-state index is 14.3. The Morgan fingerprint density at radius 1 is 0.972 bits per heavy atom. The normalized spacial score (nSPS) is 10.9. The molecule has 0 saturated heterocycles. The van der Waals surface area contributed by atoms with E-state index in [9.17, 15) is 18.4 Å². The molecule has 3 aromatic carbocycles. The van der Waals surface area contributed by atoms with Gasteiger partial charge in [0, 0.05) is 37.3 Å². The summed E-state index contributed by atoms with van der Waals surface area (Å²) in [7, 11) is 0. The summed E-state index contributed by atoms with van der Waals surface area (Å²) in [5, 5.41) is 3.30. The van der Waals surface area contributed by atoms with Crippen LogP contribution in [0, 0.1) is 18.6 Å². The van der Waals surface area contributed by atoms with Crippen molar-refractivity contribution in [1.82, 2.24) is 9.47 Å². The summed E-state index contributed by atoms with van der Waals surface area (Å²) in [6, 6.07) is 16.1. The molecule has 0 saturated carbocycles. The van der Waals surface area contributed by atoms with Crippen LogP contribution in [0.2, 0.25) is 0 Å². The second-order valence-corrected chi connectivity index (χ2v) is 8.42. The van der Waals surface area contributed by atoms with Gasteiger partial charge in [0.15, 0.2) is 5.75 Å². The van der Waals surface area contributed by atoms with Gasteiger partial charge in [0.05, 0.1) is 16.8 Å². The third-order valence-electron chi connectivity index (χ3n) is 6.02. The SMILES string of the molecule is CCN(CC)C(=O)Oc1ccc2c(ccn2Cc2ccc(C)cc2)c1NC(=O)c1ccc(F)cc1F. The van der Waals surface area contributed by atoms with E-state index in [0.717, 1.165) is 28.8 Å². The molecule has 0 fully saturated rings. The van der Waals surface area contributed by atoms with Gasteiger partial charge in [0.1, 0.15) is 11.6 Å². The van der Waals surface area contributed by atoms with Gasteiger partial charge in [0.2, 0.25) is 0 Å². The van der Waals surface area contributed by atoms with E-state index in [1.54, 1.807) is 12.1 Å². The maximum atomic E-state index is 14.3. The molecule has 2 amide bonds. The van der Waals surface area contributed by atoms with Crippen LogP contribution in [0.15, 0.2) is 66.9 Å². The third kappa shape index (κ3) is 5.22. The van der Waals surface area contributed by atoms with E-state index >= 15 is 0 Å². The molecule has 8 heteroatoms. The highest BCUT2D eigenvalue weighted by molar-refractivity contribution is 6.10. The van der Waals surface area contributed by atoms with E-state index in [1.165, 1.54) is 4.90 Å². The standard InChI is InChI=1S/C28H27F2N3O3/c1-4-32(5-2)28(35)36-25-13-12-24-22(14-15-33(24)17-19-8-6-18(3)7-9-19)26(25)31-27(34)21-11-10-20(29)16-23(21)30/h6-16H,4-5,17H2,1-3H3,(H,31,34).